The average Bonchev–Trinajstić information content (AvgIpc) is 2.19. The fraction of sp³-hybridized carbons (Fsp3) is 0.545. The van der Waals surface area contributed by atoms with Crippen LogP contribution in [0.1, 0.15) is 19.8 Å². The van der Waals surface area contributed by atoms with Crippen LogP contribution in [0.25, 0.3) is 0 Å². The SMILES string of the molecule is CC1(O)CCN(c2ccccn2)CC1. The van der Waals surface area contributed by atoms with Gasteiger partial charge in [0.2, 0.25) is 0 Å². The average molecular weight is 192 g/mol. The minimum atomic E-state index is -0.481. The maximum atomic E-state index is 9.79. The zero-order valence-corrected chi connectivity index (χ0v) is 8.48. The van der Waals surface area contributed by atoms with Gasteiger partial charge in [-0.2, -0.15) is 0 Å². The van der Waals surface area contributed by atoms with Gasteiger partial charge >= 0.3 is 0 Å². The highest BCUT2D eigenvalue weighted by molar-refractivity contribution is 5.38. The van der Waals surface area contributed by atoms with Crippen LogP contribution in [0.5, 0.6) is 0 Å². The molecule has 0 amide bonds. The molecule has 1 aliphatic rings. The van der Waals surface area contributed by atoms with E-state index in [1.54, 1.807) is 0 Å². The van der Waals surface area contributed by atoms with Gasteiger partial charge in [-0.25, -0.2) is 4.98 Å². The number of hydrogen-bond donors (Lipinski definition) is 1. The van der Waals surface area contributed by atoms with E-state index in [0.29, 0.717) is 0 Å². The lowest BCUT2D eigenvalue weighted by Crippen LogP contribution is -2.42. The van der Waals surface area contributed by atoms with Gasteiger partial charge in [0.15, 0.2) is 0 Å². The number of piperidine rings is 1. The quantitative estimate of drug-likeness (QED) is 0.731. The molecule has 0 radical (unpaired) electrons. The highest BCUT2D eigenvalue weighted by Gasteiger charge is 2.27. The summed E-state index contributed by atoms with van der Waals surface area (Å²) in [6, 6.07) is 5.93. The third-order valence-corrected chi connectivity index (χ3v) is 2.81. The van der Waals surface area contributed by atoms with Crippen molar-refractivity contribution in [2.75, 3.05) is 18.0 Å². The fourth-order valence-corrected chi connectivity index (χ4v) is 1.76. The molecule has 0 atom stereocenters. The fourth-order valence-electron chi connectivity index (χ4n) is 1.76. The normalized spacial score (nSPS) is 20.9. The monoisotopic (exact) mass is 192 g/mol. The molecule has 0 aromatic carbocycles. The highest BCUT2D eigenvalue weighted by Crippen LogP contribution is 2.24. The van der Waals surface area contributed by atoms with E-state index in [9.17, 15) is 5.11 Å². The molecule has 2 rings (SSSR count). The van der Waals surface area contributed by atoms with Gasteiger partial charge < -0.3 is 10.0 Å². The molecule has 2 heterocycles. The van der Waals surface area contributed by atoms with E-state index in [1.165, 1.54) is 0 Å². The Morgan fingerprint density at radius 1 is 1.36 bits per heavy atom. The van der Waals surface area contributed by atoms with Crippen LogP contribution in [0.2, 0.25) is 0 Å². The van der Waals surface area contributed by atoms with Crippen molar-refractivity contribution in [3.63, 3.8) is 0 Å². The zero-order chi connectivity index (χ0) is 10.0. The molecule has 0 aliphatic carbocycles. The second-order valence-corrected chi connectivity index (χ2v) is 4.17. The third-order valence-electron chi connectivity index (χ3n) is 2.81. The van der Waals surface area contributed by atoms with Crippen LogP contribution in [0.3, 0.4) is 0 Å². The molecule has 1 aliphatic heterocycles. The number of hydrogen-bond acceptors (Lipinski definition) is 3. The Kier molecular flexibility index (Phi) is 2.42. The van der Waals surface area contributed by atoms with E-state index in [1.807, 2.05) is 31.3 Å². The first-order valence-electron chi connectivity index (χ1n) is 5.06. The number of aromatic nitrogens is 1. The Balaban J connectivity index is 2.03. The van der Waals surface area contributed by atoms with Crippen molar-refractivity contribution < 1.29 is 5.11 Å². The molecule has 3 heteroatoms. The second-order valence-electron chi connectivity index (χ2n) is 4.17. The molecule has 0 spiro atoms. The lowest BCUT2D eigenvalue weighted by molar-refractivity contribution is 0.0350. The smallest absolute Gasteiger partial charge is 0.128 e. The molecule has 14 heavy (non-hydrogen) atoms. The minimum Gasteiger partial charge on any atom is -0.390 e. The number of pyridine rings is 1. The molecule has 0 bridgehead atoms. The van der Waals surface area contributed by atoms with Crippen LogP contribution in [-0.4, -0.2) is 28.8 Å². The minimum absolute atomic E-state index is 0.481. The highest BCUT2D eigenvalue weighted by atomic mass is 16.3. The van der Waals surface area contributed by atoms with Crippen molar-refractivity contribution in [2.45, 2.75) is 25.4 Å². The third kappa shape index (κ3) is 2.04. The van der Waals surface area contributed by atoms with Gasteiger partial charge in [-0.15, -0.1) is 0 Å². The number of anilines is 1. The van der Waals surface area contributed by atoms with Gasteiger partial charge in [0.1, 0.15) is 5.82 Å². The van der Waals surface area contributed by atoms with Gasteiger partial charge in [-0.3, -0.25) is 0 Å². The molecule has 0 unspecified atom stereocenters. The molecule has 1 N–H and O–H groups in total. The molecular formula is C11H16N2O. The second kappa shape index (κ2) is 3.58. The Labute approximate surface area is 84.4 Å². The molecule has 1 aromatic heterocycles. The first-order chi connectivity index (χ1) is 6.67. The van der Waals surface area contributed by atoms with Gasteiger partial charge in [-0.05, 0) is 31.9 Å². The summed E-state index contributed by atoms with van der Waals surface area (Å²) in [5.74, 6) is 1.02. The summed E-state index contributed by atoms with van der Waals surface area (Å²) in [5.41, 5.74) is -0.481. The first kappa shape index (κ1) is 9.46. The van der Waals surface area contributed by atoms with E-state index in [-0.39, 0.29) is 0 Å². The van der Waals surface area contributed by atoms with E-state index < -0.39 is 5.60 Å². The predicted octanol–water partition coefficient (Wildman–Crippen LogP) is 1.43. The lowest BCUT2D eigenvalue weighted by atomic mass is 9.94. The molecular weight excluding hydrogens is 176 g/mol. The van der Waals surface area contributed by atoms with Crippen molar-refractivity contribution in [1.82, 2.24) is 4.98 Å². The zero-order valence-electron chi connectivity index (χ0n) is 8.48. The van der Waals surface area contributed by atoms with Crippen LogP contribution in [0.4, 0.5) is 5.82 Å². The Hall–Kier alpha value is -1.09. The molecule has 0 saturated carbocycles. The maximum absolute atomic E-state index is 9.79. The van der Waals surface area contributed by atoms with Crippen molar-refractivity contribution >= 4 is 5.82 Å². The molecule has 1 saturated heterocycles. The van der Waals surface area contributed by atoms with Crippen LogP contribution in [0.15, 0.2) is 24.4 Å². The number of aliphatic hydroxyl groups is 1. The van der Waals surface area contributed by atoms with E-state index in [4.69, 9.17) is 0 Å². The summed E-state index contributed by atoms with van der Waals surface area (Å²) in [6.45, 7) is 3.69. The van der Waals surface area contributed by atoms with E-state index >= 15 is 0 Å². The lowest BCUT2D eigenvalue weighted by Gasteiger charge is -2.36. The van der Waals surface area contributed by atoms with Crippen LogP contribution in [0, 0.1) is 0 Å². The van der Waals surface area contributed by atoms with Gasteiger partial charge in [0, 0.05) is 19.3 Å². The summed E-state index contributed by atoms with van der Waals surface area (Å²) in [6.07, 6.45) is 3.45. The first-order valence-corrected chi connectivity index (χ1v) is 5.06. The molecule has 3 nitrogen and oxygen atoms in total. The van der Waals surface area contributed by atoms with Crippen molar-refractivity contribution in [1.29, 1.82) is 0 Å². The van der Waals surface area contributed by atoms with Crippen molar-refractivity contribution in [3.8, 4) is 0 Å². The number of nitrogens with zero attached hydrogens (tertiary/aromatic N) is 2. The van der Waals surface area contributed by atoms with Gasteiger partial charge in [0.25, 0.3) is 0 Å². The maximum Gasteiger partial charge on any atom is 0.128 e. The predicted molar refractivity (Wildman–Crippen MR) is 56.3 cm³/mol. The summed E-state index contributed by atoms with van der Waals surface area (Å²) in [4.78, 5) is 6.51. The van der Waals surface area contributed by atoms with Crippen LogP contribution < -0.4 is 4.90 Å². The molecule has 76 valence electrons. The molecule has 1 aromatic rings. The Bertz CT molecular complexity index is 287. The van der Waals surface area contributed by atoms with Gasteiger partial charge in [0.05, 0.1) is 5.60 Å². The van der Waals surface area contributed by atoms with Crippen molar-refractivity contribution in [2.24, 2.45) is 0 Å². The summed E-state index contributed by atoms with van der Waals surface area (Å²) in [7, 11) is 0. The molecule has 1 fully saturated rings. The largest absolute Gasteiger partial charge is 0.390 e. The summed E-state index contributed by atoms with van der Waals surface area (Å²) >= 11 is 0. The Morgan fingerprint density at radius 2 is 2.07 bits per heavy atom. The van der Waals surface area contributed by atoms with Crippen molar-refractivity contribution in [3.05, 3.63) is 24.4 Å². The summed E-state index contributed by atoms with van der Waals surface area (Å²) < 4.78 is 0. The van der Waals surface area contributed by atoms with Crippen LogP contribution >= 0.6 is 0 Å². The standard InChI is InChI=1S/C11H16N2O/c1-11(14)5-8-13(9-6-11)10-4-2-3-7-12-10/h2-4,7,14H,5-6,8-9H2,1H3. The topological polar surface area (TPSA) is 36.4 Å². The number of rotatable bonds is 1. The summed E-state index contributed by atoms with van der Waals surface area (Å²) in [5, 5.41) is 9.79. The van der Waals surface area contributed by atoms with E-state index in [2.05, 4.69) is 9.88 Å². The van der Waals surface area contributed by atoms with E-state index in [0.717, 1.165) is 31.7 Å². The van der Waals surface area contributed by atoms with Crippen LogP contribution in [-0.2, 0) is 0 Å². The van der Waals surface area contributed by atoms with Gasteiger partial charge in [-0.1, -0.05) is 6.07 Å². The Morgan fingerprint density at radius 3 is 2.64 bits per heavy atom.